The summed E-state index contributed by atoms with van der Waals surface area (Å²) in [6, 6.07) is 9.00. The highest BCUT2D eigenvalue weighted by Crippen LogP contribution is 2.26. The van der Waals surface area contributed by atoms with Crippen LogP contribution in [0.2, 0.25) is 0 Å². The zero-order chi connectivity index (χ0) is 13.7. The van der Waals surface area contributed by atoms with Gasteiger partial charge >= 0.3 is 0 Å². The molecule has 1 amide bonds. The number of hydrogen-bond acceptors (Lipinski definition) is 5. The van der Waals surface area contributed by atoms with Crippen molar-refractivity contribution in [3.63, 3.8) is 0 Å². The van der Waals surface area contributed by atoms with Crippen LogP contribution in [0.3, 0.4) is 0 Å². The summed E-state index contributed by atoms with van der Waals surface area (Å²) in [5.41, 5.74) is 1.00. The predicted octanol–water partition coefficient (Wildman–Crippen LogP) is 3.13. The Morgan fingerprint density at radius 3 is 3.00 bits per heavy atom. The average molecular weight is 289 g/mol. The van der Waals surface area contributed by atoms with E-state index in [-0.39, 0.29) is 11.2 Å². The highest BCUT2D eigenvalue weighted by Gasteiger charge is 2.16. The van der Waals surface area contributed by atoms with Gasteiger partial charge in [0.15, 0.2) is 4.34 Å². The lowest BCUT2D eigenvalue weighted by atomic mass is 10.2. The number of hydrogen-bond donors (Lipinski definition) is 1. The van der Waals surface area contributed by atoms with Crippen molar-refractivity contribution in [3.05, 3.63) is 41.4 Å². The third-order valence-electron chi connectivity index (χ3n) is 2.36. The summed E-state index contributed by atoms with van der Waals surface area (Å²) in [4.78, 5) is 16.2. The average Bonchev–Trinajstić information content (AvgIpc) is 2.92. The Morgan fingerprint density at radius 2 is 2.32 bits per heavy atom. The van der Waals surface area contributed by atoms with Gasteiger partial charge in [-0.05, 0) is 19.1 Å². The molecule has 1 aromatic carbocycles. The molecule has 2 aromatic rings. The second-order valence-corrected chi connectivity index (χ2v) is 6.19. The molecule has 1 heterocycles. The van der Waals surface area contributed by atoms with Gasteiger partial charge in [-0.2, -0.15) is 5.26 Å². The molecule has 0 spiro atoms. The molecule has 1 N–H and O–H groups in total. The lowest BCUT2D eigenvalue weighted by molar-refractivity contribution is -0.115. The summed E-state index contributed by atoms with van der Waals surface area (Å²) in [6.45, 7) is 1.82. The maximum absolute atomic E-state index is 12.0. The number of thiazole rings is 1. The normalized spacial score (nSPS) is 11.6. The Bertz CT molecular complexity index is 605. The number of carbonyl (C=O) groups is 1. The number of nitriles is 1. The molecule has 4 nitrogen and oxygen atoms in total. The van der Waals surface area contributed by atoms with E-state index < -0.39 is 0 Å². The molecule has 1 aromatic heterocycles. The zero-order valence-corrected chi connectivity index (χ0v) is 11.8. The van der Waals surface area contributed by atoms with Crippen molar-refractivity contribution >= 4 is 34.7 Å². The molecule has 19 heavy (non-hydrogen) atoms. The third-order valence-corrected chi connectivity index (χ3v) is 4.38. The molecular weight excluding hydrogens is 278 g/mol. The van der Waals surface area contributed by atoms with Gasteiger partial charge in [-0.1, -0.05) is 23.9 Å². The van der Waals surface area contributed by atoms with Crippen LogP contribution in [0.5, 0.6) is 0 Å². The Balaban J connectivity index is 2.03. The zero-order valence-electron chi connectivity index (χ0n) is 10.2. The van der Waals surface area contributed by atoms with Crippen molar-refractivity contribution in [1.29, 1.82) is 5.26 Å². The largest absolute Gasteiger partial charge is 0.324 e. The molecule has 0 aliphatic heterocycles. The number of anilines is 1. The van der Waals surface area contributed by atoms with Crippen molar-refractivity contribution in [1.82, 2.24) is 4.98 Å². The fourth-order valence-electron chi connectivity index (χ4n) is 1.40. The minimum absolute atomic E-state index is 0.136. The van der Waals surface area contributed by atoms with Gasteiger partial charge in [0.25, 0.3) is 0 Å². The molecule has 1 unspecified atom stereocenters. The molecule has 2 rings (SSSR count). The highest BCUT2D eigenvalue weighted by atomic mass is 32.2. The summed E-state index contributed by atoms with van der Waals surface area (Å²) in [5.74, 6) is -0.136. The van der Waals surface area contributed by atoms with Crippen LogP contribution in [0.1, 0.15) is 12.5 Å². The standard InChI is InChI=1S/C13H11N3OS2/c1-9(19-13-15-6-7-18-13)12(17)16-11-5-3-2-4-10(11)8-14/h2-7,9H,1H3,(H,16,17). The Hall–Kier alpha value is -1.84. The van der Waals surface area contributed by atoms with E-state index >= 15 is 0 Å². The van der Waals surface area contributed by atoms with Gasteiger partial charge in [0, 0.05) is 11.6 Å². The second kappa shape index (κ2) is 6.36. The van der Waals surface area contributed by atoms with Crippen LogP contribution in [-0.2, 0) is 4.79 Å². The van der Waals surface area contributed by atoms with E-state index in [0.717, 1.165) is 4.34 Å². The molecular formula is C13H11N3OS2. The van der Waals surface area contributed by atoms with E-state index in [0.29, 0.717) is 11.3 Å². The van der Waals surface area contributed by atoms with Crippen molar-refractivity contribution in [2.24, 2.45) is 0 Å². The minimum Gasteiger partial charge on any atom is -0.324 e. The van der Waals surface area contributed by atoms with Gasteiger partial charge in [-0.25, -0.2) is 4.98 Å². The van der Waals surface area contributed by atoms with Crippen LogP contribution in [0.25, 0.3) is 0 Å². The molecule has 0 saturated heterocycles. The first-order valence-corrected chi connectivity index (χ1v) is 7.33. The second-order valence-electron chi connectivity index (χ2n) is 3.70. The van der Waals surface area contributed by atoms with Crippen LogP contribution in [0.15, 0.2) is 40.2 Å². The maximum atomic E-state index is 12.0. The number of rotatable bonds is 4. The molecule has 0 bridgehead atoms. The molecule has 0 fully saturated rings. The number of aromatic nitrogens is 1. The summed E-state index contributed by atoms with van der Waals surface area (Å²) in [7, 11) is 0. The first-order chi connectivity index (χ1) is 9.20. The number of carbonyl (C=O) groups excluding carboxylic acids is 1. The van der Waals surface area contributed by atoms with Gasteiger partial charge in [-0.15, -0.1) is 11.3 Å². The fourth-order valence-corrected chi connectivity index (χ4v) is 3.17. The van der Waals surface area contributed by atoms with E-state index in [9.17, 15) is 4.79 Å². The number of nitrogens with zero attached hydrogens (tertiary/aromatic N) is 2. The van der Waals surface area contributed by atoms with Gasteiger partial charge in [0.2, 0.25) is 5.91 Å². The number of para-hydroxylation sites is 1. The topological polar surface area (TPSA) is 65.8 Å². The number of thioether (sulfide) groups is 1. The summed E-state index contributed by atoms with van der Waals surface area (Å²) in [6.07, 6.45) is 1.71. The first-order valence-electron chi connectivity index (χ1n) is 5.57. The van der Waals surface area contributed by atoms with Crippen LogP contribution in [0.4, 0.5) is 5.69 Å². The van der Waals surface area contributed by atoms with E-state index in [4.69, 9.17) is 5.26 Å². The Labute approximate surface area is 119 Å². The Kier molecular flexibility index (Phi) is 4.55. The summed E-state index contributed by atoms with van der Waals surface area (Å²) < 4.78 is 0.858. The summed E-state index contributed by atoms with van der Waals surface area (Å²) >= 11 is 2.91. The lowest BCUT2D eigenvalue weighted by Crippen LogP contribution is -2.22. The fraction of sp³-hybridized carbons (Fsp3) is 0.154. The molecule has 1 atom stereocenters. The number of amides is 1. The first kappa shape index (κ1) is 13.6. The van der Waals surface area contributed by atoms with Crippen molar-refractivity contribution in [2.45, 2.75) is 16.5 Å². The maximum Gasteiger partial charge on any atom is 0.237 e. The quantitative estimate of drug-likeness (QED) is 0.878. The van der Waals surface area contributed by atoms with Gasteiger partial charge in [-0.3, -0.25) is 4.79 Å². The monoisotopic (exact) mass is 289 g/mol. The SMILES string of the molecule is CC(Sc1nccs1)C(=O)Nc1ccccc1C#N. The van der Waals surface area contributed by atoms with Crippen molar-refractivity contribution < 1.29 is 4.79 Å². The molecule has 6 heteroatoms. The van der Waals surface area contributed by atoms with E-state index in [1.54, 1.807) is 30.5 Å². The van der Waals surface area contributed by atoms with Crippen molar-refractivity contribution in [3.8, 4) is 6.07 Å². The van der Waals surface area contributed by atoms with Gasteiger partial charge in [0.05, 0.1) is 16.5 Å². The third kappa shape index (κ3) is 3.56. The molecule has 0 aliphatic rings. The van der Waals surface area contributed by atoms with Crippen LogP contribution >= 0.6 is 23.1 Å². The smallest absolute Gasteiger partial charge is 0.237 e. The lowest BCUT2D eigenvalue weighted by Gasteiger charge is -2.11. The molecule has 0 radical (unpaired) electrons. The Morgan fingerprint density at radius 1 is 1.53 bits per heavy atom. The number of benzene rings is 1. The van der Waals surface area contributed by atoms with E-state index in [1.807, 2.05) is 12.3 Å². The van der Waals surface area contributed by atoms with E-state index in [1.165, 1.54) is 23.1 Å². The molecule has 0 aliphatic carbocycles. The highest BCUT2D eigenvalue weighted by molar-refractivity contribution is 8.02. The van der Waals surface area contributed by atoms with Crippen LogP contribution in [0, 0.1) is 11.3 Å². The summed E-state index contributed by atoms with van der Waals surface area (Å²) in [5, 5.41) is 13.3. The minimum atomic E-state index is -0.266. The van der Waals surface area contributed by atoms with Gasteiger partial charge in [0.1, 0.15) is 6.07 Å². The van der Waals surface area contributed by atoms with Crippen molar-refractivity contribution in [2.75, 3.05) is 5.32 Å². The molecule has 0 saturated carbocycles. The van der Waals surface area contributed by atoms with Crippen LogP contribution in [-0.4, -0.2) is 16.1 Å². The van der Waals surface area contributed by atoms with Crippen LogP contribution < -0.4 is 5.32 Å². The number of nitrogens with one attached hydrogen (secondary N) is 1. The van der Waals surface area contributed by atoms with E-state index in [2.05, 4.69) is 16.4 Å². The molecule has 96 valence electrons. The van der Waals surface area contributed by atoms with Gasteiger partial charge < -0.3 is 5.32 Å². The predicted molar refractivity (Wildman–Crippen MR) is 77.2 cm³/mol.